The molecule has 7 nitrogen and oxygen atoms in total. The summed E-state index contributed by atoms with van der Waals surface area (Å²) in [5.74, 6) is -0.961. The number of rotatable bonds is 4. The van der Waals surface area contributed by atoms with Gasteiger partial charge in [-0.1, -0.05) is 0 Å². The van der Waals surface area contributed by atoms with E-state index in [-0.39, 0.29) is 18.4 Å². The van der Waals surface area contributed by atoms with Crippen molar-refractivity contribution in [3.05, 3.63) is 12.7 Å². The van der Waals surface area contributed by atoms with Crippen molar-refractivity contribution in [3.8, 4) is 0 Å². The summed E-state index contributed by atoms with van der Waals surface area (Å²) >= 11 is 0. The van der Waals surface area contributed by atoms with E-state index >= 15 is 0 Å². The zero-order valence-electron chi connectivity index (χ0n) is 10.2. The first kappa shape index (κ1) is 12.5. The van der Waals surface area contributed by atoms with Crippen LogP contribution in [0, 0.1) is 0 Å². The van der Waals surface area contributed by atoms with Crippen LogP contribution in [0.25, 0.3) is 0 Å². The number of amides is 1. The average Bonchev–Trinajstić information content (AvgIpc) is 2.96. The zero-order chi connectivity index (χ0) is 13.1. The predicted octanol–water partition coefficient (Wildman–Crippen LogP) is 0.305. The molecule has 2 unspecified atom stereocenters. The van der Waals surface area contributed by atoms with Crippen molar-refractivity contribution in [2.75, 3.05) is 6.54 Å². The maximum absolute atomic E-state index is 12.3. The van der Waals surface area contributed by atoms with Gasteiger partial charge in [0.15, 0.2) is 0 Å². The van der Waals surface area contributed by atoms with E-state index in [0.29, 0.717) is 6.54 Å². The minimum Gasteiger partial charge on any atom is -0.481 e. The number of hydrogen-bond acceptors (Lipinski definition) is 4. The molecule has 1 fully saturated rings. The van der Waals surface area contributed by atoms with E-state index in [1.807, 2.05) is 0 Å². The molecular weight excluding hydrogens is 236 g/mol. The van der Waals surface area contributed by atoms with Crippen molar-refractivity contribution in [2.45, 2.75) is 38.3 Å². The molecule has 0 radical (unpaired) electrons. The van der Waals surface area contributed by atoms with Crippen LogP contribution in [0.15, 0.2) is 12.7 Å². The largest absolute Gasteiger partial charge is 0.481 e. The monoisotopic (exact) mass is 252 g/mol. The minimum atomic E-state index is -0.867. The average molecular weight is 252 g/mol. The van der Waals surface area contributed by atoms with Gasteiger partial charge in [0.05, 0.1) is 6.42 Å². The number of carbonyl (C=O) groups is 2. The molecule has 1 N–H and O–H groups in total. The van der Waals surface area contributed by atoms with Crippen molar-refractivity contribution < 1.29 is 14.7 Å². The van der Waals surface area contributed by atoms with Gasteiger partial charge in [0.1, 0.15) is 18.7 Å². The van der Waals surface area contributed by atoms with Crippen molar-refractivity contribution in [3.63, 3.8) is 0 Å². The molecule has 1 aliphatic rings. The lowest BCUT2D eigenvalue weighted by Crippen LogP contribution is -2.40. The van der Waals surface area contributed by atoms with E-state index in [2.05, 4.69) is 10.1 Å². The summed E-state index contributed by atoms with van der Waals surface area (Å²) in [6.45, 7) is 2.36. The SMILES string of the molecule is CC(C(=O)N1CCCC1CC(=O)O)n1cncn1. The number of carboxylic acid groups (broad SMARTS) is 1. The molecule has 1 aromatic heterocycles. The summed E-state index contributed by atoms with van der Waals surface area (Å²) in [7, 11) is 0. The lowest BCUT2D eigenvalue weighted by Gasteiger charge is -2.26. The Bertz CT molecular complexity index is 432. The van der Waals surface area contributed by atoms with Crippen molar-refractivity contribution in [2.24, 2.45) is 0 Å². The fourth-order valence-electron chi connectivity index (χ4n) is 2.31. The second-order valence-electron chi connectivity index (χ2n) is 4.48. The van der Waals surface area contributed by atoms with Crippen LogP contribution in [0.2, 0.25) is 0 Å². The lowest BCUT2D eigenvalue weighted by atomic mass is 10.1. The van der Waals surface area contributed by atoms with Crippen LogP contribution < -0.4 is 0 Å². The van der Waals surface area contributed by atoms with Crippen molar-refractivity contribution in [1.82, 2.24) is 19.7 Å². The number of nitrogens with zero attached hydrogens (tertiary/aromatic N) is 4. The molecule has 1 saturated heterocycles. The molecule has 0 saturated carbocycles. The van der Waals surface area contributed by atoms with Gasteiger partial charge in [-0.05, 0) is 19.8 Å². The number of aromatic nitrogens is 3. The third-order valence-corrected chi connectivity index (χ3v) is 3.26. The molecule has 0 spiro atoms. The normalized spacial score (nSPS) is 20.9. The van der Waals surface area contributed by atoms with E-state index in [1.165, 1.54) is 17.3 Å². The molecule has 7 heteroatoms. The van der Waals surface area contributed by atoms with E-state index < -0.39 is 12.0 Å². The van der Waals surface area contributed by atoms with Crippen molar-refractivity contribution in [1.29, 1.82) is 0 Å². The molecule has 1 amide bonds. The standard InChI is InChI=1S/C11H16N4O3/c1-8(15-7-12-6-13-15)11(18)14-4-2-3-9(14)5-10(16)17/h6-9H,2-5H2,1H3,(H,16,17). The van der Waals surface area contributed by atoms with Crippen LogP contribution in [0.1, 0.15) is 32.2 Å². The fourth-order valence-corrected chi connectivity index (χ4v) is 2.31. The maximum atomic E-state index is 12.3. The Hall–Kier alpha value is -1.92. The first-order chi connectivity index (χ1) is 8.59. The highest BCUT2D eigenvalue weighted by molar-refractivity contribution is 5.81. The zero-order valence-corrected chi connectivity index (χ0v) is 10.2. The fraction of sp³-hybridized carbons (Fsp3) is 0.636. The highest BCUT2D eigenvalue weighted by atomic mass is 16.4. The van der Waals surface area contributed by atoms with Gasteiger partial charge in [-0.3, -0.25) is 9.59 Å². The minimum absolute atomic E-state index is 0.00974. The molecule has 18 heavy (non-hydrogen) atoms. The Morgan fingerprint density at radius 2 is 2.33 bits per heavy atom. The Kier molecular flexibility index (Phi) is 3.59. The van der Waals surface area contributed by atoms with Gasteiger partial charge in [-0.2, -0.15) is 5.10 Å². The quantitative estimate of drug-likeness (QED) is 0.832. The third kappa shape index (κ3) is 2.49. The van der Waals surface area contributed by atoms with E-state index in [9.17, 15) is 9.59 Å². The van der Waals surface area contributed by atoms with Gasteiger partial charge in [-0.25, -0.2) is 9.67 Å². The van der Waals surface area contributed by atoms with Crippen LogP contribution in [0.5, 0.6) is 0 Å². The van der Waals surface area contributed by atoms with Crippen molar-refractivity contribution >= 4 is 11.9 Å². The second-order valence-corrected chi connectivity index (χ2v) is 4.48. The first-order valence-electron chi connectivity index (χ1n) is 5.96. The van der Waals surface area contributed by atoms with Gasteiger partial charge in [0.2, 0.25) is 5.91 Å². The Balaban J connectivity index is 2.06. The topological polar surface area (TPSA) is 88.3 Å². The van der Waals surface area contributed by atoms with Crippen LogP contribution in [0.3, 0.4) is 0 Å². The van der Waals surface area contributed by atoms with Crippen LogP contribution >= 0.6 is 0 Å². The number of aliphatic carboxylic acids is 1. The summed E-state index contributed by atoms with van der Waals surface area (Å²) in [6.07, 6.45) is 4.49. The highest BCUT2D eigenvalue weighted by Crippen LogP contribution is 2.23. The number of carboxylic acids is 1. The number of hydrogen-bond donors (Lipinski definition) is 1. The maximum Gasteiger partial charge on any atom is 0.305 e. The van der Waals surface area contributed by atoms with Crippen LogP contribution in [-0.2, 0) is 9.59 Å². The predicted molar refractivity (Wildman–Crippen MR) is 61.7 cm³/mol. The molecular formula is C11H16N4O3. The Morgan fingerprint density at radius 1 is 1.56 bits per heavy atom. The molecule has 0 bridgehead atoms. The molecule has 98 valence electrons. The molecule has 2 atom stereocenters. The second kappa shape index (κ2) is 5.16. The summed E-state index contributed by atoms with van der Waals surface area (Å²) in [5, 5.41) is 12.8. The van der Waals surface area contributed by atoms with Gasteiger partial charge < -0.3 is 10.0 Å². The first-order valence-corrected chi connectivity index (χ1v) is 5.96. The van der Waals surface area contributed by atoms with E-state index in [0.717, 1.165) is 12.8 Å². The molecule has 0 aliphatic carbocycles. The Morgan fingerprint density at radius 3 is 2.94 bits per heavy atom. The third-order valence-electron chi connectivity index (χ3n) is 3.26. The van der Waals surface area contributed by atoms with Crippen LogP contribution in [-0.4, -0.2) is 49.2 Å². The number of likely N-dealkylation sites (tertiary alicyclic amines) is 1. The van der Waals surface area contributed by atoms with Gasteiger partial charge >= 0.3 is 5.97 Å². The van der Waals surface area contributed by atoms with Gasteiger partial charge in [0, 0.05) is 12.6 Å². The van der Waals surface area contributed by atoms with Gasteiger partial charge in [-0.15, -0.1) is 0 Å². The highest BCUT2D eigenvalue weighted by Gasteiger charge is 2.33. The van der Waals surface area contributed by atoms with E-state index in [1.54, 1.807) is 11.8 Å². The molecule has 1 aliphatic heterocycles. The summed E-state index contributed by atoms with van der Waals surface area (Å²) in [4.78, 5) is 28.5. The molecule has 0 aromatic carbocycles. The molecule has 2 rings (SSSR count). The summed E-state index contributed by atoms with van der Waals surface area (Å²) in [5.41, 5.74) is 0. The van der Waals surface area contributed by atoms with Crippen LogP contribution in [0.4, 0.5) is 0 Å². The summed E-state index contributed by atoms with van der Waals surface area (Å²) < 4.78 is 1.48. The lowest BCUT2D eigenvalue weighted by molar-refractivity contribution is -0.140. The van der Waals surface area contributed by atoms with Gasteiger partial charge in [0.25, 0.3) is 0 Å². The van der Waals surface area contributed by atoms with E-state index in [4.69, 9.17) is 5.11 Å². The Labute approximate surface area is 104 Å². The summed E-state index contributed by atoms with van der Waals surface area (Å²) in [6, 6.07) is -0.636. The molecule has 1 aromatic rings. The number of carbonyl (C=O) groups excluding carboxylic acids is 1. The smallest absolute Gasteiger partial charge is 0.305 e. The molecule has 2 heterocycles.